The third kappa shape index (κ3) is 3.94. The highest BCUT2D eigenvalue weighted by molar-refractivity contribution is 5.77. The quantitative estimate of drug-likeness (QED) is 0.584. The van der Waals surface area contributed by atoms with Gasteiger partial charge in [0.25, 0.3) is 11.6 Å². The fourth-order valence-electron chi connectivity index (χ4n) is 1.74. The average Bonchev–Trinajstić information content (AvgIpc) is 2.37. The molecule has 1 amide bonds. The Hall–Kier alpha value is -2.11. The van der Waals surface area contributed by atoms with Crippen LogP contribution in [0.4, 0.5) is 5.69 Å². The molecule has 19 heavy (non-hydrogen) atoms. The highest BCUT2D eigenvalue weighted by Crippen LogP contribution is 2.22. The number of carbonyl (C=O) groups is 1. The molecule has 0 aliphatic carbocycles. The van der Waals surface area contributed by atoms with Crippen molar-refractivity contribution in [3.8, 4) is 5.75 Å². The predicted octanol–water partition coefficient (Wildman–Crippen LogP) is 2.15. The number of hydrogen-bond donors (Lipinski definition) is 0. The van der Waals surface area contributed by atoms with Crippen molar-refractivity contribution in [1.82, 2.24) is 4.90 Å². The normalized spacial score (nSPS) is 10.1. The van der Waals surface area contributed by atoms with Gasteiger partial charge in [0.1, 0.15) is 5.75 Å². The van der Waals surface area contributed by atoms with Crippen LogP contribution in [0.15, 0.2) is 18.2 Å². The van der Waals surface area contributed by atoms with Crippen LogP contribution in [-0.4, -0.2) is 35.4 Å². The van der Waals surface area contributed by atoms with E-state index in [1.54, 1.807) is 17.9 Å². The van der Waals surface area contributed by atoms with E-state index in [1.165, 1.54) is 12.1 Å². The van der Waals surface area contributed by atoms with Gasteiger partial charge in [-0.2, -0.15) is 0 Å². The maximum Gasteiger partial charge on any atom is 0.272 e. The molecule has 0 atom stereocenters. The molecule has 6 heteroatoms. The molecule has 0 N–H and O–H groups in total. The zero-order valence-corrected chi connectivity index (χ0v) is 11.4. The summed E-state index contributed by atoms with van der Waals surface area (Å²) in [7, 11) is 0. The molecule has 0 bridgehead atoms. The lowest BCUT2D eigenvalue weighted by Gasteiger charge is -2.18. The number of nitro benzene ring substituents is 1. The molecule has 0 aliphatic heterocycles. The first kappa shape index (κ1) is 14.9. The smallest absolute Gasteiger partial charge is 0.272 e. The van der Waals surface area contributed by atoms with Crippen molar-refractivity contribution >= 4 is 11.6 Å². The number of aryl methyl sites for hydroxylation is 1. The lowest BCUT2D eigenvalue weighted by atomic mass is 10.2. The molecule has 1 aromatic rings. The highest BCUT2D eigenvalue weighted by atomic mass is 16.6. The standard InChI is InChI=1S/C13H18N2O4/c1-4-14(5-2)13(16)9-19-11-6-7-12(15(17)18)10(3)8-11/h6-8H,4-5,9H2,1-3H3. The zero-order chi connectivity index (χ0) is 14.4. The topological polar surface area (TPSA) is 72.7 Å². The number of rotatable bonds is 6. The number of nitro groups is 1. The van der Waals surface area contributed by atoms with E-state index in [0.717, 1.165) is 0 Å². The second kappa shape index (κ2) is 6.72. The van der Waals surface area contributed by atoms with Crippen molar-refractivity contribution in [2.75, 3.05) is 19.7 Å². The fraction of sp³-hybridized carbons (Fsp3) is 0.462. The average molecular weight is 266 g/mol. The summed E-state index contributed by atoms with van der Waals surface area (Å²) in [6.07, 6.45) is 0. The molecular weight excluding hydrogens is 248 g/mol. The van der Waals surface area contributed by atoms with Crippen molar-refractivity contribution in [1.29, 1.82) is 0 Å². The Bertz CT molecular complexity index is 470. The van der Waals surface area contributed by atoms with Crippen molar-refractivity contribution in [2.24, 2.45) is 0 Å². The van der Waals surface area contributed by atoms with Crippen LogP contribution in [0.1, 0.15) is 19.4 Å². The Morgan fingerprint density at radius 3 is 2.47 bits per heavy atom. The molecule has 0 spiro atoms. The Morgan fingerprint density at radius 1 is 1.37 bits per heavy atom. The molecule has 6 nitrogen and oxygen atoms in total. The van der Waals surface area contributed by atoms with Crippen LogP contribution >= 0.6 is 0 Å². The van der Waals surface area contributed by atoms with Gasteiger partial charge in [0.2, 0.25) is 0 Å². The largest absolute Gasteiger partial charge is 0.484 e. The van der Waals surface area contributed by atoms with E-state index in [-0.39, 0.29) is 18.2 Å². The van der Waals surface area contributed by atoms with Crippen LogP contribution in [-0.2, 0) is 4.79 Å². The van der Waals surface area contributed by atoms with Gasteiger partial charge in [-0.1, -0.05) is 0 Å². The summed E-state index contributed by atoms with van der Waals surface area (Å²) in [6, 6.07) is 4.45. The van der Waals surface area contributed by atoms with Crippen LogP contribution in [0, 0.1) is 17.0 Å². The van der Waals surface area contributed by atoms with Gasteiger partial charge in [0.15, 0.2) is 6.61 Å². The Kier molecular flexibility index (Phi) is 5.29. The molecule has 0 unspecified atom stereocenters. The zero-order valence-electron chi connectivity index (χ0n) is 11.4. The van der Waals surface area contributed by atoms with Crippen molar-refractivity contribution in [2.45, 2.75) is 20.8 Å². The Morgan fingerprint density at radius 2 is 2.00 bits per heavy atom. The molecular formula is C13H18N2O4. The number of benzene rings is 1. The molecule has 0 heterocycles. The summed E-state index contributed by atoms with van der Waals surface area (Å²) in [5.41, 5.74) is 0.556. The van der Waals surface area contributed by atoms with Crippen LogP contribution in [0.25, 0.3) is 0 Å². The van der Waals surface area contributed by atoms with E-state index in [9.17, 15) is 14.9 Å². The number of nitrogens with zero attached hydrogens (tertiary/aromatic N) is 2. The van der Waals surface area contributed by atoms with Crippen LogP contribution < -0.4 is 4.74 Å². The molecule has 0 aromatic heterocycles. The van der Waals surface area contributed by atoms with Gasteiger partial charge in [0, 0.05) is 24.7 Å². The maximum atomic E-state index is 11.7. The Balaban J connectivity index is 2.66. The third-order valence-corrected chi connectivity index (χ3v) is 2.84. The summed E-state index contributed by atoms with van der Waals surface area (Å²) in [6.45, 7) is 6.65. The van der Waals surface area contributed by atoms with Crippen molar-refractivity contribution < 1.29 is 14.5 Å². The first-order valence-electron chi connectivity index (χ1n) is 6.15. The molecule has 0 fully saturated rings. The van der Waals surface area contributed by atoms with Gasteiger partial charge in [-0.15, -0.1) is 0 Å². The second-order valence-corrected chi connectivity index (χ2v) is 4.06. The van der Waals surface area contributed by atoms with E-state index in [1.807, 2.05) is 13.8 Å². The minimum Gasteiger partial charge on any atom is -0.484 e. The van der Waals surface area contributed by atoms with Crippen LogP contribution in [0.2, 0.25) is 0 Å². The van der Waals surface area contributed by atoms with Crippen molar-refractivity contribution in [3.05, 3.63) is 33.9 Å². The number of amides is 1. The third-order valence-electron chi connectivity index (χ3n) is 2.84. The van der Waals surface area contributed by atoms with Crippen LogP contribution in [0.5, 0.6) is 5.75 Å². The number of likely N-dealkylation sites (N-methyl/N-ethyl adjacent to an activating group) is 1. The predicted molar refractivity (Wildman–Crippen MR) is 71.3 cm³/mol. The monoisotopic (exact) mass is 266 g/mol. The summed E-state index contributed by atoms with van der Waals surface area (Å²) in [5, 5.41) is 10.7. The maximum absolute atomic E-state index is 11.7. The molecule has 0 aliphatic rings. The SMILES string of the molecule is CCN(CC)C(=O)COc1ccc([N+](=O)[O-])c(C)c1. The summed E-state index contributed by atoms with van der Waals surface area (Å²) < 4.78 is 5.35. The van der Waals surface area contributed by atoms with E-state index in [4.69, 9.17) is 4.74 Å². The van der Waals surface area contributed by atoms with Gasteiger partial charge in [-0.25, -0.2) is 0 Å². The summed E-state index contributed by atoms with van der Waals surface area (Å²) in [5.74, 6) is 0.365. The van der Waals surface area contributed by atoms with Gasteiger partial charge >= 0.3 is 0 Å². The number of ether oxygens (including phenoxy) is 1. The number of carbonyl (C=O) groups excluding carboxylic acids is 1. The van der Waals surface area contributed by atoms with E-state index in [2.05, 4.69) is 0 Å². The minimum absolute atomic E-state index is 0.0439. The lowest BCUT2D eigenvalue weighted by Crippen LogP contribution is -2.34. The van der Waals surface area contributed by atoms with Gasteiger partial charge in [-0.3, -0.25) is 14.9 Å². The van der Waals surface area contributed by atoms with E-state index in [0.29, 0.717) is 24.4 Å². The van der Waals surface area contributed by atoms with Gasteiger partial charge < -0.3 is 9.64 Å². The highest BCUT2D eigenvalue weighted by Gasteiger charge is 2.13. The van der Waals surface area contributed by atoms with E-state index < -0.39 is 4.92 Å². The van der Waals surface area contributed by atoms with E-state index >= 15 is 0 Å². The van der Waals surface area contributed by atoms with Gasteiger partial charge in [-0.05, 0) is 32.9 Å². The molecule has 0 saturated heterocycles. The number of hydrogen-bond acceptors (Lipinski definition) is 4. The van der Waals surface area contributed by atoms with Crippen LogP contribution in [0.3, 0.4) is 0 Å². The second-order valence-electron chi connectivity index (χ2n) is 4.06. The fourth-order valence-corrected chi connectivity index (χ4v) is 1.74. The lowest BCUT2D eigenvalue weighted by molar-refractivity contribution is -0.385. The first-order valence-corrected chi connectivity index (χ1v) is 6.15. The minimum atomic E-state index is -0.444. The molecule has 0 radical (unpaired) electrons. The Labute approximate surface area is 112 Å². The summed E-state index contributed by atoms with van der Waals surface area (Å²) in [4.78, 5) is 23.6. The first-order chi connectivity index (χ1) is 8.99. The summed E-state index contributed by atoms with van der Waals surface area (Å²) >= 11 is 0. The molecule has 1 rings (SSSR count). The molecule has 1 aromatic carbocycles. The van der Waals surface area contributed by atoms with Crippen molar-refractivity contribution in [3.63, 3.8) is 0 Å². The van der Waals surface area contributed by atoms with Gasteiger partial charge in [0.05, 0.1) is 4.92 Å². The molecule has 0 saturated carbocycles. The molecule has 104 valence electrons.